The fraction of sp³-hybridized carbons (Fsp3) is 0.174. The van der Waals surface area contributed by atoms with E-state index in [1.807, 2.05) is 60.7 Å². The van der Waals surface area contributed by atoms with Gasteiger partial charge in [-0.15, -0.1) is 0 Å². The number of ether oxygens (including phenoxy) is 1. The Morgan fingerprint density at radius 2 is 1.36 bits per heavy atom. The van der Waals surface area contributed by atoms with E-state index < -0.39 is 10.3 Å². The first-order valence-electron chi connectivity index (χ1n) is 9.04. The van der Waals surface area contributed by atoms with Gasteiger partial charge in [0.25, 0.3) is 5.69 Å². The first-order chi connectivity index (χ1) is 13.6. The van der Waals surface area contributed by atoms with Gasteiger partial charge in [0, 0.05) is 24.0 Å². The number of nitrogens with zero attached hydrogens (tertiary/aromatic N) is 1. The van der Waals surface area contributed by atoms with Crippen LogP contribution in [0.1, 0.15) is 28.5 Å². The molecule has 0 aliphatic heterocycles. The third-order valence-corrected chi connectivity index (χ3v) is 5.60. The number of benzene rings is 3. The maximum atomic E-state index is 13.1. The molecule has 0 amide bonds. The van der Waals surface area contributed by atoms with E-state index in [9.17, 15) is 14.9 Å². The Balaban J connectivity index is 1.88. The molecule has 5 heteroatoms. The van der Waals surface area contributed by atoms with Crippen molar-refractivity contribution >= 4 is 11.7 Å². The Labute approximate surface area is 162 Å². The molecule has 4 rings (SSSR count). The summed E-state index contributed by atoms with van der Waals surface area (Å²) in [4.78, 5) is 23.7. The van der Waals surface area contributed by atoms with Gasteiger partial charge in [0.2, 0.25) is 0 Å². The van der Waals surface area contributed by atoms with Crippen LogP contribution in [0.25, 0.3) is 0 Å². The van der Waals surface area contributed by atoms with Gasteiger partial charge in [0.1, 0.15) is 5.41 Å². The van der Waals surface area contributed by atoms with Gasteiger partial charge in [-0.3, -0.25) is 14.9 Å². The number of rotatable bonds is 5. The number of hydrogen-bond acceptors (Lipinski definition) is 4. The van der Waals surface area contributed by atoms with Gasteiger partial charge in [-0.25, -0.2) is 0 Å². The van der Waals surface area contributed by atoms with Crippen LogP contribution in [0, 0.1) is 10.1 Å². The van der Waals surface area contributed by atoms with Crippen molar-refractivity contribution in [1.29, 1.82) is 0 Å². The molecule has 0 bridgehead atoms. The molecule has 1 aliphatic carbocycles. The lowest BCUT2D eigenvalue weighted by molar-refractivity contribution is -0.384. The number of non-ortho nitro benzene ring substituents is 1. The van der Waals surface area contributed by atoms with E-state index >= 15 is 0 Å². The summed E-state index contributed by atoms with van der Waals surface area (Å²) in [6.45, 7) is 0. The van der Waals surface area contributed by atoms with Gasteiger partial charge in [-0.2, -0.15) is 0 Å². The monoisotopic (exact) mass is 373 g/mol. The highest BCUT2D eigenvalue weighted by atomic mass is 16.6. The zero-order valence-corrected chi connectivity index (χ0v) is 15.3. The van der Waals surface area contributed by atoms with E-state index in [0.717, 1.165) is 16.7 Å². The van der Waals surface area contributed by atoms with E-state index in [-0.39, 0.29) is 23.5 Å². The molecule has 28 heavy (non-hydrogen) atoms. The van der Waals surface area contributed by atoms with E-state index in [1.165, 1.54) is 19.2 Å². The predicted octanol–water partition coefficient (Wildman–Crippen LogP) is 4.59. The van der Waals surface area contributed by atoms with Crippen molar-refractivity contribution in [2.24, 2.45) is 0 Å². The van der Waals surface area contributed by atoms with Crippen LogP contribution in [0.2, 0.25) is 0 Å². The summed E-state index contributed by atoms with van der Waals surface area (Å²) in [5.74, 6) is -0.563. The first-order valence-corrected chi connectivity index (χ1v) is 9.04. The third kappa shape index (κ3) is 2.67. The number of nitro benzene ring substituents is 1. The van der Waals surface area contributed by atoms with Gasteiger partial charge in [-0.05, 0) is 16.7 Å². The molecule has 0 saturated heterocycles. The Hall–Kier alpha value is -3.47. The number of methoxy groups -OCH3 is 1. The Kier molecular flexibility index (Phi) is 4.43. The van der Waals surface area contributed by atoms with Crippen LogP contribution in [0.4, 0.5) is 5.69 Å². The van der Waals surface area contributed by atoms with Crippen molar-refractivity contribution in [2.75, 3.05) is 7.11 Å². The SMILES string of the molecule is COC(=O)[C@]1(c2ccccc2)C(c2ccccc2)[C@H]1c1ccc([N+](=O)[O-])cc1. The van der Waals surface area contributed by atoms with Crippen LogP contribution in [0.3, 0.4) is 0 Å². The van der Waals surface area contributed by atoms with Gasteiger partial charge in [-0.1, -0.05) is 72.8 Å². The maximum absolute atomic E-state index is 13.1. The molecule has 0 aromatic heterocycles. The molecule has 0 heterocycles. The van der Waals surface area contributed by atoms with Gasteiger partial charge in [0.05, 0.1) is 12.0 Å². The number of carbonyl (C=O) groups excluding carboxylic acids is 1. The number of carbonyl (C=O) groups is 1. The predicted molar refractivity (Wildman–Crippen MR) is 105 cm³/mol. The fourth-order valence-corrected chi connectivity index (χ4v) is 4.38. The second kappa shape index (κ2) is 6.93. The molecule has 0 spiro atoms. The minimum atomic E-state index is -0.854. The minimum absolute atomic E-state index is 0.0315. The van der Waals surface area contributed by atoms with E-state index in [0.29, 0.717) is 0 Å². The van der Waals surface area contributed by atoms with Crippen molar-refractivity contribution in [3.63, 3.8) is 0 Å². The zero-order valence-electron chi connectivity index (χ0n) is 15.3. The second-order valence-corrected chi connectivity index (χ2v) is 6.94. The summed E-state index contributed by atoms with van der Waals surface area (Å²) >= 11 is 0. The van der Waals surface area contributed by atoms with Gasteiger partial charge in [0.15, 0.2) is 0 Å². The van der Waals surface area contributed by atoms with Crippen LogP contribution in [0.15, 0.2) is 84.9 Å². The summed E-state index contributed by atoms with van der Waals surface area (Å²) in [6.07, 6.45) is 0. The summed E-state index contributed by atoms with van der Waals surface area (Å²) < 4.78 is 5.25. The molecule has 140 valence electrons. The molecule has 3 aromatic carbocycles. The summed E-state index contributed by atoms with van der Waals surface area (Å²) in [5, 5.41) is 11.0. The molecule has 1 aliphatic rings. The van der Waals surface area contributed by atoms with Gasteiger partial charge >= 0.3 is 5.97 Å². The van der Waals surface area contributed by atoms with Crippen molar-refractivity contribution in [1.82, 2.24) is 0 Å². The molecule has 0 radical (unpaired) electrons. The maximum Gasteiger partial charge on any atom is 0.317 e. The van der Waals surface area contributed by atoms with E-state index in [2.05, 4.69) is 0 Å². The lowest BCUT2D eigenvalue weighted by atomic mass is 9.89. The number of hydrogen-bond donors (Lipinski definition) is 0. The topological polar surface area (TPSA) is 69.4 Å². The van der Waals surface area contributed by atoms with Crippen molar-refractivity contribution in [3.05, 3.63) is 112 Å². The standard InChI is InChI=1S/C23H19NO4/c1-28-22(25)23(18-10-6-3-7-11-18)20(16-8-4-2-5-9-16)21(23)17-12-14-19(15-13-17)24(26)27/h2-15,20-21H,1H3/t20?,21-,23-/m1/s1. The zero-order chi connectivity index (χ0) is 19.7. The summed E-state index contributed by atoms with van der Waals surface area (Å²) in [5.41, 5.74) is 1.99. The third-order valence-electron chi connectivity index (χ3n) is 5.60. The van der Waals surface area contributed by atoms with Crippen LogP contribution < -0.4 is 0 Å². The van der Waals surface area contributed by atoms with Crippen LogP contribution in [-0.2, 0) is 14.9 Å². The van der Waals surface area contributed by atoms with Crippen LogP contribution >= 0.6 is 0 Å². The highest BCUT2D eigenvalue weighted by Crippen LogP contribution is 2.71. The second-order valence-electron chi connectivity index (χ2n) is 6.94. The number of nitro groups is 1. The molecule has 0 N–H and O–H groups in total. The average molecular weight is 373 g/mol. The van der Waals surface area contributed by atoms with Crippen LogP contribution in [0.5, 0.6) is 0 Å². The fourth-order valence-electron chi connectivity index (χ4n) is 4.38. The smallest absolute Gasteiger partial charge is 0.317 e. The van der Waals surface area contributed by atoms with Gasteiger partial charge < -0.3 is 4.74 Å². The summed E-state index contributed by atoms with van der Waals surface area (Å²) in [7, 11) is 1.40. The molecule has 3 atom stereocenters. The highest BCUT2D eigenvalue weighted by molar-refractivity contribution is 5.92. The lowest BCUT2D eigenvalue weighted by Crippen LogP contribution is -2.25. The molecule has 1 unspecified atom stereocenters. The lowest BCUT2D eigenvalue weighted by Gasteiger charge is -2.17. The molecule has 1 saturated carbocycles. The van der Waals surface area contributed by atoms with Crippen molar-refractivity contribution in [2.45, 2.75) is 17.3 Å². The van der Waals surface area contributed by atoms with E-state index in [4.69, 9.17) is 4.74 Å². The molecular weight excluding hydrogens is 354 g/mol. The normalized spacial score (nSPS) is 23.0. The highest BCUT2D eigenvalue weighted by Gasteiger charge is 2.72. The Bertz CT molecular complexity index is 1000. The molecule has 5 nitrogen and oxygen atoms in total. The Morgan fingerprint density at radius 3 is 1.86 bits per heavy atom. The Morgan fingerprint density at radius 1 is 0.857 bits per heavy atom. The number of esters is 1. The van der Waals surface area contributed by atoms with Crippen LogP contribution in [-0.4, -0.2) is 18.0 Å². The quantitative estimate of drug-likeness (QED) is 0.373. The molecule has 3 aromatic rings. The first kappa shape index (κ1) is 17.9. The minimum Gasteiger partial charge on any atom is -0.468 e. The molecule has 1 fully saturated rings. The van der Waals surface area contributed by atoms with Crippen molar-refractivity contribution in [3.8, 4) is 0 Å². The summed E-state index contributed by atoms with van der Waals surface area (Å²) in [6, 6.07) is 25.9. The van der Waals surface area contributed by atoms with E-state index in [1.54, 1.807) is 12.1 Å². The van der Waals surface area contributed by atoms with Crippen molar-refractivity contribution < 1.29 is 14.5 Å². The molecular formula is C23H19NO4. The largest absolute Gasteiger partial charge is 0.468 e. The average Bonchev–Trinajstić information content (AvgIpc) is 3.45.